The lowest BCUT2D eigenvalue weighted by Crippen LogP contribution is -2.42. The van der Waals surface area contributed by atoms with E-state index < -0.39 is 0 Å². The lowest BCUT2D eigenvalue weighted by molar-refractivity contribution is -0.126. The average molecular weight is 199 g/mol. The quantitative estimate of drug-likeness (QED) is 0.653. The van der Waals surface area contributed by atoms with Crippen molar-refractivity contribution in [3.05, 3.63) is 0 Å². The first-order chi connectivity index (χ1) is 6.69. The first-order valence-corrected chi connectivity index (χ1v) is 5.29. The van der Waals surface area contributed by atoms with Crippen molar-refractivity contribution in [1.29, 1.82) is 0 Å². The lowest BCUT2D eigenvalue weighted by atomic mass is 9.84. The molecule has 0 radical (unpaired) electrons. The fourth-order valence-electron chi connectivity index (χ4n) is 2.13. The van der Waals surface area contributed by atoms with Crippen LogP contribution in [0.15, 0.2) is 0 Å². The molecular formula is C10H21N3O. The van der Waals surface area contributed by atoms with Crippen molar-refractivity contribution in [2.45, 2.75) is 12.8 Å². The van der Waals surface area contributed by atoms with Crippen LogP contribution in [0, 0.1) is 11.8 Å². The molecule has 82 valence electrons. The zero-order chi connectivity index (χ0) is 10.6. The molecule has 0 bridgehead atoms. The summed E-state index contributed by atoms with van der Waals surface area (Å²) in [5.41, 5.74) is 5.64. The van der Waals surface area contributed by atoms with Gasteiger partial charge in [-0.25, -0.2) is 0 Å². The summed E-state index contributed by atoms with van der Waals surface area (Å²) in [6, 6.07) is 0. The van der Waals surface area contributed by atoms with E-state index >= 15 is 0 Å². The minimum Gasteiger partial charge on any atom is -0.359 e. The van der Waals surface area contributed by atoms with Gasteiger partial charge in [-0.15, -0.1) is 0 Å². The molecule has 1 rings (SSSR count). The number of nitrogens with two attached hydrogens (primary N) is 1. The molecule has 14 heavy (non-hydrogen) atoms. The van der Waals surface area contributed by atoms with Crippen LogP contribution in [0.4, 0.5) is 0 Å². The molecule has 0 aromatic carbocycles. The number of likely N-dealkylation sites (tertiary alicyclic amines) is 1. The van der Waals surface area contributed by atoms with Crippen LogP contribution < -0.4 is 11.1 Å². The van der Waals surface area contributed by atoms with Crippen molar-refractivity contribution in [2.24, 2.45) is 17.6 Å². The molecule has 0 spiro atoms. The molecular weight excluding hydrogens is 178 g/mol. The Hall–Kier alpha value is -0.610. The zero-order valence-electron chi connectivity index (χ0n) is 9.12. The Morgan fingerprint density at radius 1 is 1.57 bits per heavy atom. The topological polar surface area (TPSA) is 58.4 Å². The van der Waals surface area contributed by atoms with E-state index in [2.05, 4.69) is 17.3 Å². The van der Waals surface area contributed by atoms with E-state index in [1.807, 2.05) is 0 Å². The van der Waals surface area contributed by atoms with Crippen LogP contribution >= 0.6 is 0 Å². The molecule has 0 aromatic heterocycles. The van der Waals surface area contributed by atoms with Crippen LogP contribution in [0.5, 0.6) is 0 Å². The van der Waals surface area contributed by atoms with Gasteiger partial charge in [0.05, 0.1) is 5.92 Å². The van der Waals surface area contributed by atoms with Gasteiger partial charge in [0.2, 0.25) is 5.91 Å². The van der Waals surface area contributed by atoms with Crippen molar-refractivity contribution in [3.63, 3.8) is 0 Å². The van der Waals surface area contributed by atoms with Gasteiger partial charge in [-0.05, 0) is 38.9 Å². The Morgan fingerprint density at radius 3 is 2.57 bits per heavy atom. The molecule has 0 aliphatic carbocycles. The second kappa shape index (κ2) is 5.32. The predicted octanol–water partition coefficient (Wildman–Crippen LogP) is -0.351. The number of nitrogens with one attached hydrogen (secondary N) is 1. The van der Waals surface area contributed by atoms with Gasteiger partial charge in [0.15, 0.2) is 0 Å². The van der Waals surface area contributed by atoms with Gasteiger partial charge >= 0.3 is 0 Å². The minimum atomic E-state index is 0.00806. The summed E-state index contributed by atoms with van der Waals surface area (Å²) in [6.45, 7) is 2.63. The normalized spacial score (nSPS) is 21.9. The molecule has 3 N–H and O–H groups in total. The first kappa shape index (κ1) is 11.5. The fourth-order valence-corrected chi connectivity index (χ4v) is 2.13. The monoisotopic (exact) mass is 199 g/mol. The van der Waals surface area contributed by atoms with Gasteiger partial charge in [0.25, 0.3) is 0 Å². The maximum absolute atomic E-state index is 11.5. The van der Waals surface area contributed by atoms with E-state index in [0.717, 1.165) is 25.9 Å². The summed E-state index contributed by atoms with van der Waals surface area (Å²) in [5.74, 6) is 0.576. The van der Waals surface area contributed by atoms with Gasteiger partial charge in [-0.1, -0.05) is 0 Å². The summed E-state index contributed by atoms with van der Waals surface area (Å²) in [7, 11) is 3.80. The van der Waals surface area contributed by atoms with Crippen molar-refractivity contribution in [2.75, 3.05) is 33.7 Å². The highest BCUT2D eigenvalue weighted by molar-refractivity contribution is 5.78. The number of hydrogen-bond acceptors (Lipinski definition) is 3. The number of nitrogens with zero attached hydrogens (tertiary/aromatic N) is 1. The summed E-state index contributed by atoms with van der Waals surface area (Å²) in [4.78, 5) is 13.8. The molecule has 0 aromatic rings. The Bertz CT molecular complexity index is 188. The van der Waals surface area contributed by atoms with E-state index in [1.54, 1.807) is 7.05 Å². The van der Waals surface area contributed by atoms with Gasteiger partial charge in [-0.3, -0.25) is 4.79 Å². The molecule has 1 saturated heterocycles. The largest absolute Gasteiger partial charge is 0.359 e. The van der Waals surface area contributed by atoms with Gasteiger partial charge in [-0.2, -0.15) is 0 Å². The van der Waals surface area contributed by atoms with Crippen molar-refractivity contribution in [3.8, 4) is 0 Å². The Kier molecular flexibility index (Phi) is 4.35. The molecule has 1 heterocycles. The summed E-state index contributed by atoms with van der Waals surface area (Å²) in [6.07, 6.45) is 2.18. The van der Waals surface area contributed by atoms with Crippen LogP contribution in [-0.4, -0.2) is 44.5 Å². The molecule has 1 aliphatic heterocycles. The summed E-state index contributed by atoms with van der Waals surface area (Å²) in [5, 5.41) is 2.69. The predicted molar refractivity (Wildman–Crippen MR) is 56.8 cm³/mol. The third-order valence-corrected chi connectivity index (χ3v) is 3.17. The molecule has 1 aliphatic rings. The molecule has 0 saturated carbocycles. The maximum Gasteiger partial charge on any atom is 0.224 e. The van der Waals surface area contributed by atoms with Crippen LogP contribution in [0.1, 0.15) is 12.8 Å². The van der Waals surface area contributed by atoms with Crippen LogP contribution in [-0.2, 0) is 4.79 Å². The number of rotatable bonds is 3. The Morgan fingerprint density at radius 2 is 2.14 bits per heavy atom. The van der Waals surface area contributed by atoms with Crippen LogP contribution in [0.2, 0.25) is 0 Å². The smallest absolute Gasteiger partial charge is 0.224 e. The van der Waals surface area contributed by atoms with E-state index in [4.69, 9.17) is 5.73 Å². The molecule has 4 nitrogen and oxygen atoms in total. The van der Waals surface area contributed by atoms with E-state index in [-0.39, 0.29) is 11.8 Å². The SMILES string of the molecule is CNC(=O)C(CN)C1CCN(C)CC1. The highest BCUT2D eigenvalue weighted by atomic mass is 16.1. The second-order valence-electron chi connectivity index (χ2n) is 4.10. The number of carbonyl (C=O) groups is 1. The summed E-state index contributed by atoms with van der Waals surface area (Å²) < 4.78 is 0. The number of amides is 1. The Balaban J connectivity index is 2.48. The third-order valence-electron chi connectivity index (χ3n) is 3.17. The second-order valence-corrected chi connectivity index (χ2v) is 4.10. The van der Waals surface area contributed by atoms with Gasteiger partial charge in [0, 0.05) is 13.6 Å². The molecule has 1 atom stereocenters. The Labute approximate surface area is 85.8 Å². The molecule has 1 amide bonds. The van der Waals surface area contributed by atoms with Crippen LogP contribution in [0.3, 0.4) is 0 Å². The molecule has 1 fully saturated rings. The maximum atomic E-state index is 11.5. The van der Waals surface area contributed by atoms with E-state index in [0.29, 0.717) is 12.5 Å². The minimum absolute atomic E-state index is 0.00806. The highest BCUT2D eigenvalue weighted by Gasteiger charge is 2.28. The molecule has 4 heteroatoms. The van der Waals surface area contributed by atoms with Crippen molar-refractivity contribution < 1.29 is 4.79 Å². The van der Waals surface area contributed by atoms with E-state index in [1.165, 1.54) is 0 Å². The first-order valence-electron chi connectivity index (χ1n) is 5.29. The number of hydrogen-bond donors (Lipinski definition) is 2. The van der Waals surface area contributed by atoms with Crippen molar-refractivity contribution in [1.82, 2.24) is 10.2 Å². The van der Waals surface area contributed by atoms with Gasteiger partial charge in [0.1, 0.15) is 0 Å². The summed E-state index contributed by atoms with van der Waals surface area (Å²) >= 11 is 0. The van der Waals surface area contributed by atoms with Crippen molar-refractivity contribution >= 4 is 5.91 Å². The van der Waals surface area contributed by atoms with Gasteiger partial charge < -0.3 is 16.0 Å². The van der Waals surface area contributed by atoms with Crippen LogP contribution in [0.25, 0.3) is 0 Å². The zero-order valence-corrected chi connectivity index (χ0v) is 9.12. The van der Waals surface area contributed by atoms with E-state index in [9.17, 15) is 4.79 Å². The average Bonchev–Trinajstić information content (AvgIpc) is 2.21. The third kappa shape index (κ3) is 2.69. The highest BCUT2D eigenvalue weighted by Crippen LogP contribution is 2.23. The number of carbonyl (C=O) groups excluding carboxylic acids is 1. The lowest BCUT2D eigenvalue weighted by Gasteiger charge is -2.32. The standard InChI is InChI=1S/C10H21N3O/c1-12-10(14)9(7-11)8-3-5-13(2)6-4-8/h8-9H,3-7,11H2,1-2H3,(H,12,14). The fraction of sp³-hybridized carbons (Fsp3) is 0.900. The number of piperidine rings is 1. The molecule has 1 unspecified atom stereocenters.